The summed E-state index contributed by atoms with van der Waals surface area (Å²) >= 11 is 0. The van der Waals surface area contributed by atoms with E-state index in [0.717, 1.165) is 10.6 Å². The van der Waals surface area contributed by atoms with Crippen molar-refractivity contribution in [2.24, 2.45) is 0 Å². The minimum absolute atomic E-state index is 0.0177. The number of benzene rings is 1. The Hall–Kier alpha value is -3.28. The molecule has 2 aromatic heterocycles. The Bertz CT molecular complexity index is 1280. The number of rotatable bonds is 6. The molecule has 0 radical (unpaired) electrons. The quantitative estimate of drug-likeness (QED) is 0.504. The van der Waals surface area contributed by atoms with Gasteiger partial charge in [-0.15, -0.1) is 0 Å². The molecule has 4 rings (SSSR count). The third-order valence-electron chi connectivity index (χ3n) is 5.75. The van der Waals surface area contributed by atoms with Gasteiger partial charge in [0.1, 0.15) is 30.5 Å². The van der Waals surface area contributed by atoms with E-state index in [9.17, 15) is 31.5 Å². The first-order valence-electron chi connectivity index (χ1n) is 10.5. The Morgan fingerprint density at radius 1 is 1.26 bits per heavy atom. The molecule has 7 nitrogen and oxygen atoms in total. The van der Waals surface area contributed by atoms with Crippen molar-refractivity contribution >= 4 is 16.9 Å². The molecule has 1 fully saturated rings. The molecule has 34 heavy (non-hydrogen) atoms. The molecular formula is C22H21F5N4O3. The average molecular weight is 484 g/mol. The van der Waals surface area contributed by atoms with Crippen molar-refractivity contribution in [1.82, 2.24) is 19.0 Å². The Morgan fingerprint density at radius 3 is 2.68 bits per heavy atom. The van der Waals surface area contributed by atoms with Crippen molar-refractivity contribution < 1.29 is 31.5 Å². The number of ether oxygens (including phenoxy) is 1. The number of likely N-dealkylation sites (tertiary alicyclic amines) is 1. The predicted octanol–water partition coefficient (Wildman–Crippen LogP) is 3.24. The fraction of sp³-hybridized carbons (Fsp3) is 0.409. The van der Waals surface area contributed by atoms with Crippen molar-refractivity contribution in [3.63, 3.8) is 0 Å². The van der Waals surface area contributed by atoms with Gasteiger partial charge in [-0.2, -0.15) is 13.2 Å². The van der Waals surface area contributed by atoms with E-state index < -0.39 is 41.7 Å². The van der Waals surface area contributed by atoms with E-state index in [1.807, 2.05) is 0 Å². The lowest BCUT2D eigenvalue weighted by molar-refractivity contribution is -0.140. The number of halogens is 5. The van der Waals surface area contributed by atoms with Crippen LogP contribution in [0.25, 0.3) is 22.2 Å². The molecule has 1 aliphatic rings. The lowest BCUT2D eigenvalue weighted by atomic mass is 10.0. The summed E-state index contributed by atoms with van der Waals surface area (Å²) in [6.07, 6.45) is -3.21. The van der Waals surface area contributed by atoms with Crippen LogP contribution in [0, 0.1) is 5.82 Å². The number of alkyl halides is 4. The smallest absolute Gasteiger partial charge is 0.383 e. The van der Waals surface area contributed by atoms with Crippen molar-refractivity contribution in [3.05, 3.63) is 52.5 Å². The fourth-order valence-electron chi connectivity index (χ4n) is 4.01. The second-order valence-electron chi connectivity index (χ2n) is 8.02. The van der Waals surface area contributed by atoms with Gasteiger partial charge in [-0.3, -0.25) is 14.2 Å². The summed E-state index contributed by atoms with van der Waals surface area (Å²) in [5.41, 5.74) is -1.85. The highest BCUT2D eigenvalue weighted by Gasteiger charge is 2.34. The second-order valence-corrected chi connectivity index (χ2v) is 8.02. The zero-order valence-electron chi connectivity index (χ0n) is 18.1. The van der Waals surface area contributed by atoms with Gasteiger partial charge in [-0.05, 0) is 24.1 Å². The molecular weight excluding hydrogens is 463 g/mol. The highest BCUT2D eigenvalue weighted by Crippen LogP contribution is 2.36. The van der Waals surface area contributed by atoms with Crippen LogP contribution in [-0.4, -0.2) is 57.9 Å². The van der Waals surface area contributed by atoms with Gasteiger partial charge in [-0.1, -0.05) is 6.07 Å². The van der Waals surface area contributed by atoms with Crippen LogP contribution in [0.2, 0.25) is 0 Å². The number of aromatic nitrogens is 3. The first-order valence-corrected chi connectivity index (χ1v) is 10.5. The highest BCUT2D eigenvalue weighted by molar-refractivity contribution is 5.93. The molecule has 0 spiro atoms. The van der Waals surface area contributed by atoms with Gasteiger partial charge < -0.3 is 14.2 Å². The van der Waals surface area contributed by atoms with Crippen LogP contribution in [0.3, 0.4) is 0 Å². The SMILES string of the molecule is COCCn1cc(-c2ccc(F)c(C(F)(F)F)c2)c2c(=O)n(CC(=O)N3CCC(F)C3)cnc21. The zero-order valence-corrected chi connectivity index (χ0v) is 18.1. The van der Waals surface area contributed by atoms with Crippen LogP contribution in [-0.2, 0) is 28.8 Å². The van der Waals surface area contributed by atoms with Gasteiger partial charge in [0.05, 0.1) is 24.1 Å². The monoisotopic (exact) mass is 484 g/mol. The normalized spacial score (nSPS) is 16.5. The maximum atomic E-state index is 13.8. The number of hydrogen-bond donors (Lipinski definition) is 0. The number of nitrogens with zero attached hydrogens (tertiary/aromatic N) is 4. The van der Waals surface area contributed by atoms with E-state index in [2.05, 4.69) is 4.98 Å². The summed E-state index contributed by atoms with van der Waals surface area (Å²) in [5.74, 6) is -1.90. The van der Waals surface area contributed by atoms with Crippen LogP contribution in [0.1, 0.15) is 12.0 Å². The lowest BCUT2D eigenvalue weighted by Crippen LogP contribution is -2.35. The van der Waals surface area contributed by atoms with E-state index in [1.54, 1.807) is 4.57 Å². The van der Waals surface area contributed by atoms with Gasteiger partial charge in [0.25, 0.3) is 5.56 Å². The summed E-state index contributed by atoms with van der Waals surface area (Å²) in [6.45, 7) is 0.273. The van der Waals surface area contributed by atoms with Crippen molar-refractivity contribution in [1.29, 1.82) is 0 Å². The van der Waals surface area contributed by atoms with Crippen LogP contribution in [0.15, 0.2) is 35.5 Å². The first kappa shape index (κ1) is 23.9. The molecule has 1 unspecified atom stereocenters. The van der Waals surface area contributed by atoms with Crippen LogP contribution in [0.4, 0.5) is 22.0 Å². The first-order chi connectivity index (χ1) is 16.1. The second kappa shape index (κ2) is 9.16. The van der Waals surface area contributed by atoms with Gasteiger partial charge in [0.2, 0.25) is 5.91 Å². The predicted molar refractivity (Wildman–Crippen MR) is 112 cm³/mol. The summed E-state index contributed by atoms with van der Waals surface area (Å²) in [7, 11) is 1.47. The minimum Gasteiger partial charge on any atom is -0.383 e. The van der Waals surface area contributed by atoms with E-state index >= 15 is 0 Å². The van der Waals surface area contributed by atoms with Crippen molar-refractivity contribution in [2.45, 2.75) is 31.9 Å². The zero-order chi connectivity index (χ0) is 24.6. The molecule has 1 saturated heterocycles. The topological polar surface area (TPSA) is 69.4 Å². The summed E-state index contributed by atoms with van der Waals surface area (Å²) in [4.78, 5) is 31.4. The third-order valence-corrected chi connectivity index (χ3v) is 5.75. The van der Waals surface area contributed by atoms with Gasteiger partial charge in [0.15, 0.2) is 0 Å². The molecule has 1 aliphatic heterocycles. The maximum Gasteiger partial charge on any atom is 0.419 e. The molecule has 0 aliphatic carbocycles. The molecule has 1 amide bonds. The summed E-state index contributed by atoms with van der Waals surface area (Å²) < 4.78 is 74.8. The minimum atomic E-state index is -4.93. The largest absolute Gasteiger partial charge is 0.419 e. The Balaban J connectivity index is 1.82. The van der Waals surface area contributed by atoms with Crippen LogP contribution in [0.5, 0.6) is 0 Å². The standard InChI is InChI=1S/C22H21F5N4O3/c1-34-7-6-30-10-15(13-2-3-17(24)16(8-13)22(25,26)27)19-20(30)28-12-31(21(19)33)11-18(32)29-5-4-14(23)9-29/h2-3,8,10,12,14H,4-7,9,11H2,1H3. The number of carbonyl (C=O) groups is 1. The highest BCUT2D eigenvalue weighted by atomic mass is 19.4. The molecule has 3 aromatic rings. The van der Waals surface area contributed by atoms with E-state index in [1.165, 1.54) is 24.5 Å². The van der Waals surface area contributed by atoms with E-state index in [-0.39, 0.29) is 54.8 Å². The van der Waals surface area contributed by atoms with Gasteiger partial charge >= 0.3 is 6.18 Å². The lowest BCUT2D eigenvalue weighted by Gasteiger charge is -2.16. The average Bonchev–Trinajstić information content (AvgIpc) is 3.38. The number of carbonyl (C=O) groups excluding carboxylic acids is 1. The van der Waals surface area contributed by atoms with Crippen molar-refractivity contribution in [3.8, 4) is 11.1 Å². The Kier molecular flexibility index (Phi) is 6.43. The van der Waals surface area contributed by atoms with Gasteiger partial charge in [0, 0.05) is 32.0 Å². The van der Waals surface area contributed by atoms with E-state index in [0.29, 0.717) is 12.1 Å². The molecule has 0 bridgehead atoms. The van der Waals surface area contributed by atoms with Crippen molar-refractivity contribution in [2.75, 3.05) is 26.8 Å². The fourth-order valence-corrected chi connectivity index (χ4v) is 4.01. The molecule has 3 heterocycles. The third kappa shape index (κ3) is 4.54. The maximum absolute atomic E-state index is 13.8. The summed E-state index contributed by atoms with van der Waals surface area (Å²) in [6, 6.07) is 2.47. The number of fused-ring (bicyclic) bond motifs is 1. The molecule has 0 saturated carbocycles. The molecule has 182 valence electrons. The molecule has 12 heteroatoms. The Morgan fingerprint density at radius 2 is 2.03 bits per heavy atom. The number of hydrogen-bond acceptors (Lipinski definition) is 4. The molecule has 1 atom stereocenters. The molecule has 0 N–H and O–H groups in total. The van der Waals surface area contributed by atoms with Crippen LogP contribution >= 0.6 is 0 Å². The van der Waals surface area contributed by atoms with Gasteiger partial charge in [-0.25, -0.2) is 13.8 Å². The van der Waals surface area contributed by atoms with E-state index in [4.69, 9.17) is 4.74 Å². The van der Waals surface area contributed by atoms with Crippen LogP contribution < -0.4 is 5.56 Å². The number of methoxy groups -OCH3 is 1. The summed E-state index contributed by atoms with van der Waals surface area (Å²) in [5, 5.41) is -0.0177. The Labute approximate surface area is 190 Å². The molecule has 1 aromatic carbocycles. The number of amides is 1.